The molecule has 2 aromatic rings. The number of rotatable bonds is 5. The maximum atomic E-state index is 12.8. The van der Waals surface area contributed by atoms with Crippen LogP contribution in [0, 0.1) is 0 Å². The highest BCUT2D eigenvalue weighted by molar-refractivity contribution is 7.94. The number of carbonyl (C=O) groups excluding carboxylic acids is 1. The number of fused-ring (bicyclic) bond motifs is 3. The van der Waals surface area contributed by atoms with Crippen LogP contribution in [0.5, 0.6) is 0 Å². The van der Waals surface area contributed by atoms with Crippen LogP contribution in [0.3, 0.4) is 0 Å². The first kappa shape index (κ1) is 26.0. The van der Waals surface area contributed by atoms with E-state index in [1.165, 1.54) is 17.6 Å². The second-order valence-electron chi connectivity index (χ2n) is 11.7. The molecule has 1 aliphatic carbocycles. The largest absolute Gasteiger partial charge is 0.444 e. The summed E-state index contributed by atoms with van der Waals surface area (Å²) < 4.78 is 11.7. The van der Waals surface area contributed by atoms with Gasteiger partial charge in [0.2, 0.25) is 0 Å². The fourth-order valence-corrected chi connectivity index (χ4v) is 5.17. The molecule has 1 unspecified atom stereocenters. The zero-order chi connectivity index (χ0) is 25.6. The fourth-order valence-electron chi connectivity index (χ4n) is 4.35. The van der Waals surface area contributed by atoms with Crippen LogP contribution in [0.1, 0.15) is 90.9 Å². The summed E-state index contributed by atoms with van der Waals surface area (Å²) in [5.41, 5.74) is 2.31. The minimum absolute atomic E-state index is 0.0903. The number of likely N-dealkylation sites (tertiary alicyclic amines) is 1. The molecule has 0 bridgehead atoms. The van der Waals surface area contributed by atoms with Gasteiger partial charge in [0.25, 0.3) is 0 Å². The predicted molar refractivity (Wildman–Crippen MR) is 138 cm³/mol. The third kappa shape index (κ3) is 5.70. The fraction of sp³-hybridized carbons (Fsp3) is 0.630. The smallest absolute Gasteiger partial charge is 0.410 e. The highest BCUT2D eigenvalue weighted by atomic mass is 32.2. The molecule has 1 atom stereocenters. The van der Waals surface area contributed by atoms with Gasteiger partial charge in [-0.15, -0.1) is 0 Å². The van der Waals surface area contributed by atoms with Crippen LogP contribution in [0.4, 0.5) is 4.79 Å². The molecule has 7 nitrogen and oxygen atoms in total. The van der Waals surface area contributed by atoms with Gasteiger partial charge >= 0.3 is 6.09 Å². The first-order chi connectivity index (χ1) is 16.2. The lowest BCUT2D eigenvalue weighted by molar-refractivity contribution is -0.0813. The summed E-state index contributed by atoms with van der Waals surface area (Å²) in [6.45, 7) is 13.7. The van der Waals surface area contributed by atoms with Crippen molar-refractivity contribution in [3.8, 4) is 11.3 Å². The monoisotopic (exact) mass is 501 g/mol. The first-order valence-corrected chi connectivity index (χ1v) is 13.3. The van der Waals surface area contributed by atoms with Crippen molar-refractivity contribution in [2.24, 2.45) is 0 Å². The molecule has 2 heterocycles. The van der Waals surface area contributed by atoms with Gasteiger partial charge in [0.1, 0.15) is 17.0 Å². The standard InChI is InChI=1S/C27H39N3O4S/c1-25(2,3)33-24(31)30-15-9-12-21(30)23-28-20-11-8-10-17-16-18(13-14-19(17)22(20)29-23)35-34-27(6,7)26(4,5)32/h13-14,16,21,32H,8-12,15H2,1-7H3,(H,28,29). The number of nitrogens with one attached hydrogen (secondary N) is 1. The molecule has 1 aromatic carbocycles. The van der Waals surface area contributed by atoms with Crippen molar-refractivity contribution >= 4 is 18.1 Å². The summed E-state index contributed by atoms with van der Waals surface area (Å²) in [5, 5.41) is 10.4. The van der Waals surface area contributed by atoms with Gasteiger partial charge in [-0.1, -0.05) is 6.07 Å². The molecule has 1 fully saturated rings. The highest BCUT2D eigenvalue weighted by Crippen LogP contribution is 2.39. The quantitative estimate of drug-likeness (QED) is 0.474. The zero-order valence-electron chi connectivity index (χ0n) is 22.0. The Kier molecular flexibility index (Phi) is 7.03. The predicted octanol–water partition coefficient (Wildman–Crippen LogP) is 6.21. The molecular formula is C27H39N3O4S. The molecule has 192 valence electrons. The Morgan fingerprint density at radius 1 is 1.14 bits per heavy atom. The Balaban J connectivity index is 1.56. The lowest BCUT2D eigenvalue weighted by Gasteiger charge is -2.35. The van der Waals surface area contributed by atoms with E-state index < -0.39 is 16.8 Å². The normalized spacial score (nSPS) is 18.7. The Labute approximate surface area is 213 Å². The minimum Gasteiger partial charge on any atom is -0.444 e. The van der Waals surface area contributed by atoms with E-state index in [1.807, 2.05) is 39.5 Å². The summed E-state index contributed by atoms with van der Waals surface area (Å²) in [7, 11) is 0. The van der Waals surface area contributed by atoms with Crippen molar-refractivity contribution < 1.29 is 18.8 Å². The summed E-state index contributed by atoms with van der Waals surface area (Å²) in [6, 6.07) is 6.25. The maximum Gasteiger partial charge on any atom is 0.410 e. The molecule has 35 heavy (non-hydrogen) atoms. The number of aliphatic hydroxyl groups is 1. The van der Waals surface area contributed by atoms with Gasteiger partial charge in [-0.25, -0.2) is 9.78 Å². The van der Waals surface area contributed by atoms with Crippen molar-refractivity contribution in [3.05, 3.63) is 35.3 Å². The number of ether oxygens (including phenoxy) is 1. The first-order valence-electron chi connectivity index (χ1n) is 12.5. The molecule has 2 N–H and O–H groups in total. The molecule has 0 radical (unpaired) electrons. The Morgan fingerprint density at radius 2 is 1.89 bits per heavy atom. The number of carbonyl (C=O) groups is 1. The van der Waals surface area contributed by atoms with Gasteiger partial charge in [0.15, 0.2) is 0 Å². The Morgan fingerprint density at radius 3 is 2.57 bits per heavy atom. The SMILES string of the molecule is CC(C)(C)OC(=O)N1CCCC1c1nc2c([nH]1)CCCc1cc(SOC(C)(C)C(C)(C)O)ccc1-2. The number of amides is 1. The average molecular weight is 502 g/mol. The molecule has 0 saturated carbocycles. The third-order valence-electron chi connectivity index (χ3n) is 7.02. The van der Waals surface area contributed by atoms with Crippen molar-refractivity contribution in [1.29, 1.82) is 0 Å². The van der Waals surface area contributed by atoms with Crippen LogP contribution >= 0.6 is 12.0 Å². The molecule has 4 rings (SSSR count). The van der Waals surface area contributed by atoms with Gasteiger partial charge in [0, 0.05) is 34.7 Å². The molecule has 1 amide bonds. The summed E-state index contributed by atoms with van der Waals surface area (Å²) >= 11 is 1.30. The van der Waals surface area contributed by atoms with Crippen molar-refractivity contribution in [1.82, 2.24) is 14.9 Å². The molecule has 1 saturated heterocycles. The van der Waals surface area contributed by atoms with Gasteiger partial charge in [0.05, 0.1) is 17.3 Å². The number of hydrogen-bond acceptors (Lipinski definition) is 6. The third-order valence-corrected chi connectivity index (χ3v) is 7.96. The number of aryl methyl sites for hydroxylation is 2. The number of H-pyrrole nitrogens is 1. The second kappa shape index (κ2) is 9.45. The number of aromatic nitrogens is 2. The molecule has 0 spiro atoms. The average Bonchev–Trinajstić information content (AvgIpc) is 3.34. The van der Waals surface area contributed by atoms with Crippen LogP contribution < -0.4 is 0 Å². The minimum atomic E-state index is -0.959. The van der Waals surface area contributed by atoms with E-state index in [0.717, 1.165) is 59.8 Å². The number of aromatic amines is 1. The number of benzene rings is 1. The topological polar surface area (TPSA) is 87.7 Å². The molecule has 8 heteroatoms. The van der Waals surface area contributed by atoms with Gasteiger partial charge in [-0.2, -0.15) is 0 Å². The number of hydrogen-bond donors (Lipinski definition) is 2. The van der Waals surface area contributed by atoms with Crippen LogP contribution in [0.15, 0.2) is 23.1 Å². The van der Waals surface area contributed by atoms with Crippen molar-refractivity contribution in [3.63, 3.8) is 0 Å². The van der Waals surface area contributed by atoms with E-state index >= 15 is 0 Å². The zero-order valence-corrected chi connectivity index (χ0v) is 22.8. The van der Waals surface area contributed by atoms with Crippen LogP contribution in [-0.2, 0) is 21.8 Å². The van der Waals surface area contributed by atoms with Gasteiger partial charge < -0.3 is 19.0 Å². The van der Waals surface area contributed by atoms with E-state index in [4.69, 9.17) is 13.9 Å². The molecular weight excluding hydrogens is 462 g/mol. The number of imidazole rings is 1. The lowest BCUT2D eigenvalue weighted by atomic mass is 9.90. The van der Waals surface area contributed by atoms with Crippen molar-refractivity contribution in [2.75, 3.05) is 6.54 Å². The molecule has 1 aromatic heterocycles. The van der Waals surface area contributed by atoms with E-state index in [2.05, 4.69) is 23.2 Å². The van der Waals surface area contributed by atoms with Crippen molar-refractivity contribution in [2.45, 2.75) is 108 Å². The number of nitrogens with zero attached hydrogens (tertiary/aromatic N) is 2. The summed E-state index contributed by atoms with van der Waals surface area (Å²) in [6.07, 6.45) is 4.44. The second-order valence-corrected chi connectivity index (χ2v) is 12.5. The Bertz CT molecular complexity index is 1080. The van der Waals surface area contributed by atoms with E-state index in [9.17, 15) is 9.90 Å². The highest BCUT2D eigenvalue weighted by Gasteiger charge is 2.37. The van der Waals surface area contributed by atoms with E-state index in [1.54, 1.807) is 13.8 Å². The van der Waals surface area contributed by atoms with E-state index in [0.29, 0.717) is 6.54 Å². The van der Waals surface area contributed by atoms with Gasteiger partial charge in [-0.05, 0) is 98.3 Å². The van der Waals surface area contributed by atoms with Crippen LogP contribution in [0.2, 0.25) is 0 Å². The van der Waals surface area contributed by atoms with Crippen LogP contribution in [-0.4, -0.2) is 49.4 Å². The summed E-state index contributed by atoms with van der Waals surface area (Å²) in [4.78, 5) is 24.2. The summed E-state index contributed by atoms with van der Waals surface area (Å²) in [5.74, 6) is 0.847. The maximum absolute atomic E-state index is 12.8. The van der Waals surface area contributed by atoms with E-state index in [-0.39, 0.29) is 12.1 Å². The molecule has 1 aliphatic heterocycles. The lowest BCUT2D eigenvalue weighted by Crippen LogP contribution is -2.45. The van der Waals surface area contributed by atoms with Gasteiger partial charge in [-0.3, -0.25) is 4.90 Å². The van der Waals surface area contributed by atoms with Crippen LogP contribution in [0.25, 0.3) is 11.3 Å². The molecule has 2 aliphatic rings. The Hall–Kier alpha value is -2.03.